The Kier molecular flexibility index (Phi) is 5.95. The highest BCUT2D eigenvalue weighted by Gasteiger charge is 2.23. The van der Waals surface area contributed by atoms with Crippen LogP contribution < -0.4 is 10.6 Å². The van der Waals surface area contributed by atoms with Gasteiger partial charge in [0.15, 0.2) is 0 Å². The van der Waals surface area contributed by atoms with Crippen LogP contribution >= 0.6 is 11.6 Å². The van der Waals surface area contributed by atoms with Gasteiger partial charge in [-0.05, 0) is 67.6 Å². The maximum absolute atomic E-state index is 13.3. The van der Waals surface area contributed by atoms with Gasteiger partial charge in [0.2, 0.25) is 5.91 Å². The number of halogens is 2. The minimum atomic E-state index is -0.312. The van der Waals surface area contributed by atoms with Crippen molar-refractivity contribution in [1.29, 1.82) is 0 Å². The second-order valence-electron chi connectivity index (χ2n) is 7.59. The molecule has 4 nitrogen and oxygen atoms in total. The lowest BCUT2D eigenvalue weighted by Crippen LogP contribution is -2.40. The van der Waals surface area contributed by atoms with Crippen molar-refractivity contribution >= 4 is 34.1 Å². The van der Waals surface area contributed by atoms with Gasteiger partial charge in [0.25, 0.3) is 0 Å². The predicted octanol–water partition coefficient (Wildman–Crippen LogP) is 5.11. The summed E-state index contributed by atoms with van der Waals surface area (Å²) in [6, 6.07) is 14.4. The van der Waals surface area contributed by atoms with Crippen molar-refractivity contribution in [2.24, 2.45) is 0 Å². The Morgan fingerprint density at radius 1 is 1.07 bits per heavy atom. The number of hydrogen-bond donors (Lipinski definition) is 2. The molecule has 1 heterocycles. The van der Waals surface area contributed by atoms with Crippen LogP contribution in [-0.4, -0.2) is 23.0 Å². The smallest absolute Gasteiger partial charge is 0.224 e. The Labute approximate surface area is 174 Å². The zero-order valence-electron chi connectivity index (χ0n) is 16.0. The third-order valence-electron chi connectivity index (χ3n) is 5.41. The van der Waals surface area contributed by atoms with Crippen LogP contribution in [0.1, 0.15) is 31.2 Å². The number of benzene rings is 2. The van der Waals surface area contributed by atoms with Crippen LogP contribution in [0.25, 0.3) is 10.9 Å². The van der Waals surface area contributed by atoms with Crippen LogP contribution in [0.4, 0.5) is 10.1 Å². The van der Waals surface area contributed by atoms with Crippen molar-refractivity contribution in [2.45, 2.75) is 44.2 Å². The summed E-state index contributed by atoms with van der Waals surface area (Å²) in [4.78, 5) is 16.7. The molecule has 2 aromatic carbocycles. The van der Waals surface area contributed by atoms with Gasteiger partial charge < -0.3 is 10.6 Å². The highest BCUT2D eigenvalue weighted by molar-refractivity contribution is 6.31. The summed E-state index contributed by atoms with van der Waals surface area (Å²) in [7, 11) is 0. The summed E-state index contributed by atoms with van der Waals surface area (Å²) < 4.78 is 13.3. The van der Waals surface area contributed by atoms with E-state index < -0.39 is 0 Å². The van der Waals surface area contributed by atoms with Gasteiger partial charge in [-0.3, -0.25) is 9.78 Å². The molecule has 1 aliphatic carbocycles. The standard InChI is InChI=1S/C23H23ClFN3O/c24-16-4-9-20-21(10-11-26-22(20)14-16)27-18-5-7-19(8-6-18)28-23(29)13-15-2-1-3-17(25)12-15/h1-4,9-12,14,18-19H,5-8,13H2,(H,26,27)(H,28,29). The normalized spacial score (nSPS) is 19.1. The lowest BCUT2D eigenvalue weighted by molar-refractivity contribution is -0.121. The number of pyridine rings is 1. The second-order valence-corrected chi connectivity index (χ2v) is 8.02. The number of aromatic nitrogens is 1. The van der Waals surface area contributed by atoms with Crippen LogP contribution in [0.3, 0.4) is 0 Å². The maximum atomic E-state index is 13.3. The molecule has 1 fully saturated rings. The largest absolute Gasteiger partial charge is 0.382 e. The SMILES string of the molecule is O=C(Cc1cccc(F)c1)NC1CCC(Nc2ccnc3cc(Cl)ccc23)CC1. The van der Waals surface area contributed by atoms with E-state index in [4.69, 9.17) is 11.6 Å². The number of rotatable bonds is 5. The Morgan fingerprint density at radius 2 is 1.86 bits per heavy atom. The molecule has 2 N–H and O–H groups in total. The molecular formula is C23H23ClFN3O. The van der Waals surface area contributed by atoms with Crippen molar-refractivity contribution in [3.63, 3.8) is 0 Å². The molecule has 0 spiro atoms. The van der Waals surface area contributed by atoms with Crippen molar-refractivity contribution < 1.29 is 9.18 Å². The Morgan fingerprint density at radius 3 is 2.66 bits per heavy atom. The lowest BCUT2D eigenvalue weighted by atomic mass is 9.90. The minimum Gasteiger partial charge on any atom is -0.382 e. The molecular weight excluding hydrogens is 389 g/mol. The first-order valence-electron chi connectivity index (χ1n) is 9.91. The molecule has 0 bridgehead atoms. The zero-order chi connectivity index (χ0) is 20.2. The van der Waals surface area contributed by atoms with E-state index >= 15 is 0 Å². The van der Waals surface area contributed by atoms with Crippen molar-refractivity contribution in [3.05, 3.63) is 71.1 Å². The third-order valence-corrected chi connectivity index (χ3v) is 5.65. The number of fused-ring (bicyclic) bond motifs is 1. The van der Waals surface area contributed by atoms with Gasteiger partial charge in [-0.25, -0.2) is 4.39 Å². The quantitative estimate of drug-likeness (QED) is 0.613. The maximum Gasteiger partial charge on any atom is 0.224 e. The third kappa shape index (κ3) is 5.04. The van der Waals surface area contributed by atoms with Crippen molar-refractivity contribution in [2.75, 3.05) is 5.32 Å². The molecule has 3 aromatic rings. The molecule has 6 heteroatoms. The monoisotopic (exact) mass is 411 g/mol. The van der Waals surface area contributed by atoms with Crippen molar-refractivity contribution in [1.82, 2.24) is 10.3 Å². The summed E-state index contributed by atoms with van der Waals surface area (Å²) in [6.45, 7) is 0. The topological polar surface area (TPSA) is 54.0 Å². The van der Waals surface area contributed by atoms with Gasteiger partial charge >= 0.3 is 0 Å². The highest BCUT2D eigenvalue weighted by atomic mass is 35.5. The van der Waals surface area contributed by atoms with E-state index in [1.54, 1.807) is 18.3 Å². The first kappa shape index (κ1) is 19.6. The number of carbonyl (C=O) groups is 1. The fraction of sp³-hybridized carbons (Fsp3) is 0.304. The average Bonchev–Trinajstić information content (AvgIpc) is 2.69. The van der Waals surface area contributed by atoms with E-state index in [9.17, 15) is 9.18 Å². The van der Waals surface area contributed by atoms with Crippen LogP contribution in [0.15, 0.2) is 54.7 Å². The van der Waals surface area contributed by atoms with Crippen LogP contribution in [0.5, 0.6) is 0 Å². The average molecular weight is 412 g/mol. The molecule has 1 saturated carbocycles. The van der Waals surface area contributed by atoms with E-state index in [1.807, 2.05) is 24.3 Å². The lowest BCUT2D eigenvalue weighted by Gasteiger charge is -2.30. The fourth-order valence-corrected chi connectivity index (χ4v) is 4.13. The number of carbonyl (C=O) groups excluding carboxylic acids is 1. The van der Waals surface area contributed by atoms with Crippen molar-refractivity contribution in [3.8, 4) is 0 Å². The molecule has 0 atom stereocenters. The summed E-state index contributed by atoms with van der Waals surface area (Å²) in [5.74, 6) is -0.364. The first-order chi connectivity index (χ1) is 14.1. The van der Waals surface area contributed by atoms with Gasteiger partial charge in [-0.1, -0.05) is 23.7 Å². The van der Waals surface area contributed by atoms with E-state index in [2.05, 4.69) is 15.6 Å². The van der Waals surface area contributed by atoms with Crippen LogP contribution in [0, 0.1) is 5.82 Å². The second kappa shape index (κ2) is 8.78. The van der Waals surface area contributed by atoms with Gasteiger partial charge in [-0.2, -0.15) is 0 Å². The predicted molar refractivity (Wildman–Crippen MR) is 115 cm³/mol. The molecule has 150 valence electrons. The number of amides is 1. The Hall–Kier alpha value is -2.66. The van der Waals surface area contributed by atoms with Crippen LogP contribution in [0.2, 0.25) is 5.02 Å². The number of nitrogens with one attached hydrogen (secondary N) is 2. The van der Waals surface area contributed by atoms with E-state index in [0.717, 1.165) is 42.3 Å². The number of hydrogen-bond acceptors (Lipinski definition) is 3. The molecule has 0 aliphatic heterocycles. The zero-order valence-corrected chi connectivity index (χ0v) is 16.8. The van der Waals surface area contributed by atoms with Gasteiger partial charge in [0.05, 0.1) is 11.9 Å². The number of anilines is 1. The van der Waals surface area contributed by atoms with E-state index in [1.165, 1.54) is 12.1 Å². The molecule has 0 radical (unpaired) electrons. The molecule has 29 heavy (non-hydrogen) atoms. The van der Waals surface area contributed by atoms with Gasteiger partial charge in [0.1, 0.15) is 5.82 Å². The van der Waals surface area contributed by atoms with E-state index in [-0.39, 0.29) is 24.2 Å². The summed E-state index contributed by atoms with van der Waals surface area (Å²) in [5, 5.41) is 8.45. The summed E-state index contributed by atoms with van der Waals surface area (Å²) in [5.41, 5.74) is 2.63. The van der Waals surface area contributed by atoms with Crippen LogP contribution in [-0.2, 0) is 11.2 Å². The molecule has 1 amide bonds. The molecule has 1 aliphatic rings. The van der Waals surface area contributed by atoms with Gasteiger partial charge in [0, 0.05) is 34.4 Å². The Balaban J connectivity index is 1.30. The Bertz CT molecular complexity index is 1020. The molecule has 0 saturated heterocycles. The highest BCUT2D eigenvalue weighted by Crippen LogP contribution is 2.28. The molecule has 0 unspecified atom stereocenters. The molecule has 1 aromatic heterocycles. The minimum absolute atomic E-state index is 0.0518. The summed E-state index contributed by atoms with van der Waals surface area (Å²) in [6.07, 6.45) is 5.79. The fourth-order valence-electron chi connectivity index (χ4n) is 3.96. The molecule has 4 rings (SSSR count). The van der Waals surface area contributed by atoms with E-state index in [0.29, 0.717) is 16.6 Å². The first-order valence-corrected chi connectivity index (χ1v) is 10.3. The summed E-state index contributed by atoms with van der Waals surface area (Å²) >= 11 is 6.07. The number of nitrogens with zero attached hydrogens (tertiary/aromatic N) is 1. The van der Waals surface area contributed by atoms with Gasteiger partial charge in [-0.15, -0.1) is 0 Å².